The summed E-state index contributed by atoms with van der Waals surface area (Å²) in [7, 11) is 1.90. The van der Waals surface area contributed by atoms with E-state index in [9.17, 15) is 0 Å². The SMILES string of the molecule is CC1=[C-]C(C)C(C)=C1C.[CH3-].[Hf].[NH-]C12CC3CC(CC(C3)C1)C2.[SiH2]c1ccccc1.c1ccc(-c2ccccc2)cc1. The molecule has 217 valence electrons. The molecule has 1 unspecified atom stereocenters. The van der Waals surface area contributed by atoms with E-state index in [0.29, 0.717) is 5.92 Å². The molecule has 0 aliphatic heterocycles. The largest absolute Gasteiger partial charge is 0.672 e. The van der Waals surface area contributed by atoms with Crippen LogP contribution in [0.3, 0.4) is 0 Å². The van der Waals surface area contributed by atoms with E-state index in [2.05, 4.69) is 94.4 Å². The summed E-state index contributed by atoms with van der Waals surface area (Å²) in [6.07, 6.45) is 11.5. The van der Waals surface area contributed by atoms with Crippen LogP contribution in [0.15, 0.2) is 108 Å². The van der Waals surface area contributed by atoms with Crippen molar-refractivity contribution in [2.45, 2.75) is 71.8 Å². The summed E-state index contributed by atoms with van der Waals surface area (Å²) in [5.74, 6) is 3.43. The molecule has 0 heterocycles. The number of rotatable bonds is 1. The molecule has 5 aliphatic rings. The molecular formula is C38H49HfNSi-3. The molecule has 4 bridgehead atoms. The van der Waals surface area contributed by atoms with Gasteiger partial charge in [-0.25, -0.2) is 5.57 Å². The molecule has 1 radical (unpaired) electrons. The van der Waals surface area contributed by atoms with Gasteiger partial charge in [-0.1, -0.05) is 142 Å². The molecule has 4 saturated carbocycles. The minimum absolute atomic E-state index is 0. The molecule has 1 N–H and O–H groups in total. The third-order valence-corrected chi connectivity index (χ3v) is 9.47. The van der Waals surface area contributed by atoms with E-state index in [1.807, 2.05) is 40.6 Å². The van der Waals surface area contributed by atoms with E-state index in [4.69, 9.17) is 5.73 Å². The Balaban J connectivity index is 0.000000192. The van der Waals surface area contributed by atoms with Crippen molar-refractivity contribution >= 4 is 15.4 Å². The fourth-order valence-corrected chi connectivity index (χ4v) is 7.28. The zero-order chi connectivity index (χ0) is 27.8. The minimum Gasteiger partial charge on any atom is -0.672 e. The van der Waals surface area contributed by atoms with Crippen LogP contribution in [0.1, 0.15) is 66.2 Å². The van der Waals surface area contributed by atoms with E-state index >= 15 is 0 Å². The van der Waals surface area contributed by atoms with Gasteiger partial charge in [0.25, 0.3) is 0 Å². The average Bonchev–Trinajstić information content (AvgIpc) is 3.15. The minimum atomic E-state index is 0. The van der Waals surface area contributed by atoms with Crippen molar-refractivity contribution < 1.29 is 25.8 Å². The second-order valence-corrected chi connectivity index (χ2v) is 13.0. The molecule has 41 heavy (non-hydrogen) atoms. The Morgan fingerprint density at radius 3 is 1.27 bits per heavy atom. The molecule has 0 spiro atoms. The van der Waals surface area contributed by atoms with Crippen LogP contribution in [0.5, 0.6) is 0 Å². The van der Waals surface area contributed by atoms with Crippen LogP contribution >= 0.6 is 0 Å². The predicted molar refractivity (Wildman–Crippen MR) is 178 cm³/mol. The third kappa shape index (κ3) is 10.4. The molecule has 1 atom stereocenters. The number of hydrogen-bond acceptors (Lipinski definition) is 0. The standard InChI is InChI=1S/C12H10.C10H16N.C9H13.C6H7Si.CH3.Hf/c1-3-7-11(8-4-1)12-9-5-2-6-10-12;11-10-4-7-1-8(5-10)3-9(2-7)6-10;1-6-5-7(2)9(4)8(6)3;7-6-4-2-1-3-5-6;;/h1-10H;7-9,11H,1-6H2;6H,1-4H3;1-5H,7H2;1H3;/q;2*-1;;-1;. The fourth-order valence-electron chi connectivity index (χ4n) is 7.01. The van der Waals surface area contributed by atoms with Gasteiger partial charge in [0, 0.05) is 36.1 Å². The zero-order valence-corrected chi connectivity index (χ0v) is 30.9. The molecule has 1 nitrogen and oxygen atoms in total. The van der Waals surface area contributed by atoms with Crippen molar-refractivity contribution in [1.82, 2.24) is 0 Å². The summed E-state index contributed by atoms with van der Waals surface area (Å²) < 4.78 is 0. The molecule has 8 rings (SSSR count). The van der Waals surface area contributed by atoms with E-state index in [0.717, 1.165) is 17.8 Å². The van der Waals surface area contributed by atoms with Crippen LogP contribution in [0.4, 0.5) is 0 Å². The molecule has 0 amide bonds. The molecular weight excluding hydrogens is 677 g/mol. The quantitative estimate of drug-likeness (QED) is 0.176. The molecule has 4 fully saturated rings. The Morgan fingerprint density at radius 1 is 0.683 bits per heavy atom. The topological polar surface area (TPSA) is 23.8 Å². The Bertz CT molecular complexity index is 1160. The Kier molecular flexibility index (Phi) is 14.4. The van der Waals surface area contributed by atoms with Crippen LogP contribution in [0.25, 0.3) is 16.9 Å². The van der Waals surface area contributed by atoms with Crippen molar-refractivity contribution in [2.24, 2.45) is 23.7 Å². The van der Waals surface area contributed by atoms with Crippen molar-refractivity contribution in [3.8, 4) is 11.1 Å². The monoisotopic (exact) mass is 727 g/mol. The van der Waals surface area contributed by atoms with Crippen molar-refractivity contribution in [2.75, 3.05) is 0 Å². The van der Waals surface area contributed by atoms with Crippen LogP contribution in [0, 0.1) is 37.2 Å². The van der Waals surface area contributed by atoms with Gasteiger partial charge in [-0.05, 0) is 48.1 Å². The average molecular weight is 726 g/mol. The summed E-state index contributed by atoms with van der Waals surface area (Å²) in [5.41, 5.74) is 15.1. The van der Waals surface area contributed by atoms with Gasteiger partial charge in [0.05, 0.1) is 0 Å². The molecule has 5 aliphatic carbocycles. The summed E-state index contributed by atoms with van der Waals surface area (Å²) in [4.78, 5) is 0. The first kappa shape index (κ1) is 35.4. The first-order chi connectivity index (χ1) is 18.7. The number of nitrogens with one attached hydrogen (secondary N) is 1. The van der Waals surface area contributed by atoms with Gasteiger partial charge in [0.1, 0.15) is 0 Å². The maximum atomic E-state index is 8.21. The van der Waals surface area contributed by atoms with Gasteiger partial charge >= 0.3 is 0 Å². The van der Waals surface area contributed by atoms with Crippen LogP contribution < -0.4 is 5.19 Å². The third-order valence-electron chi connectivity index (χ3n) is 9.00. The number of hydrogen-bond donors (Lipinski definition) is 0. The van der Waals surface area contributed by atoms with Crippen molar-refractivity contribution in [1.29, 1.82) is 0 Å². The van der Waals surface area contributed by atoms with E-state index < -0.39 is 0 Å². The summed E-state index contributed by atoms with van der Waals surface area (Å²) in [6.45, 7) is 8.67. The Morgan fingerprint density at radius 2 is 1.05 bits per heavy atom. The maximum absolute atomic E-state index is 8.21. The summed E-state index contributed by atoms with van der Waals surface area (Å²) in [6, 6.07) is 31.1. The maximum Gasteiger partial charge on any atom is 0.0477 e. The number of benzene rings is 3. The number of allylic oxidation sites excluding steroid dienone is 4. The smallest absolute Gasteiger partial charge is 0.0477 e. The van der Waals surface area contributed by atoms with Crippen molar-refractivity contribution in [3.63, 3.8) is 0 Å². The van der Waals surface area contributed by atoms with Crippen LogP contribution in [-0.4, -0.2) is 15.8 Å². The summed E-state index contributed by atoms with van der Waals surface area (Å²) >= 11 is 0. The second-order valence-electron chi connectivity index (χ2n) is 12.2. The van der Waals surface area contributed by atoms with Gasteiger partial charge in [-0.15, -0.1) is 12.5 Å². The molecule has 3 aromatic rings. The van der Waals surface area contributed by atoms with Gasteiger partial charge in [-0.2, -0.15) is 11.1 Å². The van der Waals surface area contributed by atoms with E-state index in [-0.39, 0.29) is 38.8 Å². The first-order valence-corrected chi connectivity index (χ1v) is 15.4. The van der Waals surface area contributed by atoms with E-state index in [1.165, 1.54) is 71.6 Å². The molecule has 0 aromatic heterocycles. The summed E-state index contributed by atoms with van der Waals surface area (Å²) in [5, 5.41) is 1.35. The normalized spacial score (nSPS) is 26.4. The molecule has 3 aromatic carbocycles. The fraction of sp³-hybridized carbons (Fsp3) is 0.395. The van der Waals surface area contributed by atoms with Crippen LogP contribution in [-0.2, 0) is 25.8 Å². The van der Waals surface area contributed by atoms with Gasteiger partial charge in [-0.3, -0.25) is 6.08 Å². The van der Waals surface area contributed by atoms with Gasteiger partial charge < -0.3 is 13.2 Å². The molecule has 0 saturated heterocycles. The van der Waals surface area contributed by atoms with Gasteiger partial charge in [0.15, 0.2) is 0 Å². The second kappa shape index (κ2) is 16.7. The van der Waals surface area contributed by atoms with E-state index in [1.54, 1.807) is 0 Å². The predicted octanol–water partition coefficient (Wildman–Crippen LogP) is 9.48. The Hall–Kier alpha value is -1.81. The zero-order valence-electron chi connectivity index (χ0n) is 25.9. The molecule has 3 heteroatoms. The van der Waals surface area contributed by atoms with Crippen molar-refractivity contribution in [3.05, 3.63) is 127 Å². The van der Waals surface area contributed by atoms with Crippen LogP contribution in [0.2, 0.25) is 0 Å². The first-order valence-electron chi connectivity index (χ1n) is 14.7. The Labute approximate surface area is 273 Å². The van der Waals surface area contributed by atoms with Gasteiger partial charge in [0.2, 0.25) is 0 Å².